The predicted octanol–water partition coefficient (Wildman–Crippen LogP) is 4.08. The molecule has 0 saturated heterocycles. The minimum Gasteiger partial charge on any atom is -0.126 e. The van der Waals surface area contributed by atoms with Crippen molar-refractivity contribution in [3.8, 4) is 0 Å². The zero-order chi connectivity index (χ0) is 8.69. The summed E-state index contributed by atoms with van der Waals surface area (Å²) in [5.74, 6) is 2.43. The van der Waals surface area contributed by atoms with Crippen molar-refractivity contribution in [2.75, 3.05) is 5.88 Å². The molecule has 0 spiro atoms. The van der Waals surface area contributed by atoms with Crippen molar-refractivity contribution in [1.29, 1.82) is 0 Å². The van der Waals surface area contributed by atoms with Gasteiger partial charge in [0, 0.05) is 5.88 Å². The van der Waals surface area contributed by atoms with Gasteiger partial charge in [-0.3, -0.25) is 0 Å². The van der Waals surface area contributed by atoms with E-state index in [0.29, 0.717) is 5.92 Å². The molecule has 0 aromatic rings. The monoisotopic (exact) mass is 176 g/mol. The molecule has 0 radical (unpaired) electrons. The SMILES string of the molecule is CCC(C)CCCC(C)CCl. The highest BCUT2D eigenvalue weighted by Crippen LogP contribution is 2.15. The van der Waals surface area contributed by atoms with E-state index < -0.39 is 0 Å². The highest BCUT2D eigenvalue weighted by Gasteiger charge is 2.02. The second-order valence-corrected chi connectivity index (χ2v) is 4.01. The van der Waals surface area contributed by atoms with Crippen molar-refractivity contribution >= 4 is 11.6 Å². The van der Waals surface area contributed by atoms with Crippen molar-refractivity contribution in [1.82, 2.24) is 0 Å². The molecule has 0 nitrogen and oxygen atoms in total. The van der Waals surface area contributed by atoms with Crippen molar-refractivity contribution in [3.63, 3.8) is 0 Å². The van der Waals surface area contributed by atoms with Crippen LogP contribution in [0.3, 0.4) is 0 Å². The minimum atomic E-state index is 0.709. The Bertz CT molecular complexity index is 70.9. The lowest BCUT2D eigenvalue weighted by molar-refractivity contribution is 0.451. The van der Waals surface area contributed by atoms with Crippen LogP contribution >= 0.6 is 11.6 Å². The fraction of sp³-hybridized carbons (Fsp3) is 1.00. The van der Waals surface area contributed by atoms with Gasteiger partial charge in [0.15, 0.2) is 0 Å². The van der Waals surface area contributed by atoms with Crippen LogP contribution in [-0.2, 0) is 0 Å². The summed E-state index contributed by atoms with van der Waals surface area (Å²) in [6, 6.07) is 0. The van der Waals surface area contributed by atoms with Crippen molar-refractivity contribution in [2.45, 2.75) is 46.5 Å². The molecule has 0 saturated carbocycles. The molecule has 0 aromatic carbocycles. The summed E-state index contributed by atoms with van der Waals surface area (Å²) in [5, 5.41) is 0. The van der Waals surface area contributed by atoms with Crippen LogP contribution in [0.1, 0.15) is 46.5 Å². The highest BCUT2D eigenvalue weighted by atomic mass is 35.5. The van der Waals surface area contributed by atoms with Crippen LogP contribution in [0.15, 0.2) is 0 Å². The Balaban J connectivity index is 3.13. The minimum absolute atomic E-state index is 0.709. The molecule has 0 bridgehead atoms. The van der Waals surface area contributed by atoms with Gasteiger partial charge in [0.25, 0.3) is 0 Å². The number of halogens is 1. The molecule has 2 unspecified atom stereocenters. The van der Waals surface area contributed by atoms with Gasteiger partial charge >= 0.3 is 0 Å². The normalized spacial score (nSPS) is 16.4. The van der Waals surface area contributed by atoms with Gasteiger partial charge in [0.05, 0.1) is 0 Å². The van der Waals surface area contributed by atoms with Gasteiger partial charge in [-0.2, -0.15) is 0 Å². The third-order valence-corrected chi connectivity index (χ3v) is 2.88. The van der Waals surface area contributed by atoms with E-state index in [1.807, 2.05) is 0 Å². The van der Waals surface area contributed by atoms with E-state index in [-0.39, 0.29) is 0 Å². The van der Waals surface area contributed by atoms with Crippen LogP contribution in [0, 0.1) is 11.8 Å². The van der Waals surface area contributed by atoms with E-state index in [1.165, 1.54) is 25.7 Å². The van der Waals surface area contributed by atoms with E-state index in [2.05, 4.69) is 20.8 Å². The van der Waals surface area contributed by atoms with E-state index in [0.717, 1.165) is 11.8 Å². The maximum Gasteiger partial charge on any atom is 0.0249 e. The molecule has 11 heavy (non-hydrogen) atoms. The van der Waals surface area contributed by atoms with Crippen LogP contribution in [-0.4, -0.2) is 5.88 Å². The second kappa shape index (κ2) is 6.97. The standard InChI is InChI=1S/C10H21Cl/c1-4-9(2)6-5-7-10(3)8-11/h9-10H,4-8H2,1-3H3. The second-order valence-electron chi connectivity index (χ2n) is 3.70. The zero-order valence-corrected chi connectivity index (χ0v) is 8.82. The largest absolute Gasteiger partial charge is 0.126 e. The van der Waals surface area contributed by atoms with E-state index in [9.17, 15) is 0 Å². The first kappa shape index (κ1) is 11.3. The van der Waals surface area contributed by atoms with Crippen LogP contribution in [0.5, 0.6) is 0 Å². The predicted molar refractivity (Wildman–Crippen MR) is 53.2 cm³/mol. The smallest absolute Gasteiger partial charge is 0.0249 e. The van der Waals surface area contributed by atoms with Gasteiger partial charge < -0.3 is 0 Å². The van der Waals surface area contributed by atoms with E-state index >= 15 is 0 Å². The van der Waals surface area contributed by atoms with Gasteiger partial charge in [-0.05, 0) is 18.3 Å². The summed E-state index contributed by atoms with van der Waals surface area (Å²) in [6.45, 7) is 6.81. The molecule has 2 atom stereocenters. The Labute approximate surface area is 76.3 Å². The number of alkyl halides is 1. The zero-order valence-electron chi connectivity index (χ0n) is 8.07. The molecule has 0 rings (SSSR count). The molecule has 0 heterocycles. The average molecular weight is 177 g/mol. The molecule has 0 aliphatic rings. The van der Waals surface area contributed by atoms with Crippen LogP contribution in [0.25, 0.3) is 0 Å². The number of hydrogen-bond acceptors (Lipinski definition) is 0. The fourth-order valence-corrected chi connectivity index (χ4v) is 1.25. The first-order valence-electron chi connectivity index (χ1n) is 4.76. The van der Waals surface area contributed by atoms with Crippen LogP contribution in [0.4, 0.5) is 0 Å². The quantitative estimate of drug-likeness (QED) is 0.535. The lowest BCUT2D eigenvalue weighted by Crippen LogP contribution is -1.98. The van der Waals surface area contributed by atoms with Gasteiger partial charge in [0.1, 0.15) is 0 Å². The first-order chi connectivity index (χ1) is 5.20. The summed E-state index contributed by atoms with van der Waals surface area (Å²) in [6.07, 6.45) is 5.34. The van der Waals surface area contributed by atoms with Gasteiger partial charge in [-0.1, -0.05) is 40.0 Å². The molecular formula is C10H21Cl. The van der Waals surface area contributed by atoms with Crippen LogP contribution in [0.2, 0.25) is 0 Å². The lowest BCUT2D eigenvalue weighted by Gasteiger charge is -2.10. The molecule has 0 amide bonds. The van der Waals surface area contributed by atoms with E-state index in [4.69, 9.17) is 11.6 Å². The molecule has 0 aliphatic carbocycles. The molecule has 1 heteroatoms. The Morgan fingerprint density at radius 2 is 1.64 bits per heavy atom. The molecule has 0 aliphatic heterocycles. The topological polar surface area (TPSA) is 0 Å². The Morgan fingerprint density at radius 1 is 1.09 bits per heavy atom. The van der Waals surface area contributed by atoms with Gasteiger partial charge in [0.2, 0.25) is 0 Å². The van der Waals surface area contributed by atoms with Crippen molar-refractivity contribution in [3.05, 3.63) is 0 Å². The Morgan fingerprint density at radius 3 is 2.09 bits per heavy atom. The summed E-state index contributed by atoms with van der Waals surface area (Å²) >= 11 is 5.70. The maximum atomic E-state index is 5.70. The molecular weight excluding hydrogens is 156 g/mol. The van der Waals surface area contributed by atoms with Gasteiger partial charge in [-0.15, -0.1) is 11.6 Å². The summed E-state index contributed by atoms with van der Waals surface area (Å²) in [7, 11) is 0. The van der Waals surface area contributed by atoms with Gasteiger partial charge in [-0.25, -0.2) is 0 Å². The molecule has 0 fully saturated rings. The molecule has 68 valence electrons. The van der Waals surface area contributed by atoms with Crippen molar-refractivity contribution < 1.29 is 0 Å². The summed E-state index contributed by atoms with van der Waals surface area (Å²) < 4.78 is 0. The number of rotatable bonds is 6. The number of hydrogen-bond donors (Lipinski definition) is 0. The maximum absolute atomic E-state index is 5.70. The summed E-state index contributed by atoms with van der Waals surface area (Å²) in [4.78, 5) is 0. The molecule has 0 N–H and O–H groups in total. The summed E-state index contributed by atoms with van der Waals surface area (Å²) in [5.41, 5.74) is 0. The van der Waals surface area contributed by atoms with E-state index in [1.54, 1.807) is 0 Å². The molecule has 0 aromatic heterocycles. The average Bonchev–Trinajstić information content (AvgIpc) is 2.04. The Kier molecular flexibility index (Phi) is 7.15. The third kappa shape index (κ3) is 6.68. The van der Waals surface area contributed by atoms with Crippen molar-refractivity contribution in [2.24, 2.45) is 11.8 Å². The fourth-order valence-electron chi connectivity index (χ4n) is 1.10. The highest BCUT2D eigenvalue weighted by molar-refractivity contribution is 6.18. The Hall–Kier alpha value is 0.290. The first-order valence-corrected chi connectivity index (χ1v) is 5.30. The third-order valence-electron chi connectivity index (χ3n) is 2.35. The lowest BCUT2D eigenvalue weighted by atomic mass is 9.98. The van der Waals surface area contributed by atoms with Crippen LogP contribution < -0.4 is 0 Å².